The molecule has 0 spiro atoms. The van der Waals surface area contributed by atoms with Crippen molar-refractivity contribution in [2.24, 2.45) is 0 Å². The molecule has 4 rings (SSSR count). The van der Waals surface area contributed by atoms with Gasteiger partial charge in [-0.1, -0.05) is 23.7 Å². The molecular formula is C16H18FN3O2. The minimum absolute atomic E-state index is 0.0316. The smallest absolute Gasteiger partial charge is 0.237 e. The second kappa shape index (κ2) is 5.44. The third-order valence-corrected chi connectivity index (χ3v) is 4.67. The number of benzene rings is 1. The molecule has 0 bridgehead atoms. The maximum Gasteiger partial charge on any atom is 0.237 e. The molecule has 6 heteroatoms. The maximum absolute atomic E-state index is 13.6. The van der Waals surface area contributed by atoms with E-state index in [0.717, 1.165) is 31.4 Å². The number of aromatic nitrogens is 2. The van der Waals surface area contributed by atoms with E-state index in [1.807, 2.05) is 6.07 Å². The van der Waals surface area contributed by atoms with Gasteiger partial charge in [-0.15, -0.1) is 0 Å². The highest BCUT2D eigenvalue weighted by molar-refractivity contribution is 5.35. The first-order valence-electron chi connectivity index (χ1n) is 7.69. The SMILES string of the molecule is Fc1cccc(C2(c3nc([C@@H]4COCCN4)no3)CCC2)c1. The fourth-order valence-corrected chi connectivity index (χ4v) is 3.24. The zero-order valence-corrected chi connectivity index (χ0v) is 12.2. The van der Waals surface area contributed by atoms with Crippen LogP contribution in [-0.2, 0) is 10.2 Å². The van der Waals surface area contributed by atoms with Gasteiger partial charge in [0, 0.05) is 6.54 Å². The lowest BCUT2D eigenvalue weighted by atomic mass is 9.64. The molecule has 2 heterocycles. The van der Waals surface area contributed by atoms with Crippen LogP contribution in [0.1, 0.15) is 42.6 Å². The van der Waals surface area contributed by atoms with Crippen LogP contribution in [0.15, 0.2) is 28.8 Å². The first-order valence-corrected chi connectivity index (χ1v) is 7.69. The molecule has 1 N–H and O–H groups in total. The quantitative estimate of drug-likeness (QED) is 0.943. The zero-order valence-electron chi connectivity index (χ0n) is 12.2. The average molecular weight is 303 g/mol. The van der Waals surface area contributed by atoms with Crippen LogP contribution >= 0.6 is 0 Å². The van der Waals surface area contributed by atoms with Crippen molar-refractivity contribution in [2.45, 2.75) is 30.7 Å². The molecule has 2 fully saturated rings. The molecule has 0 amide bonds. The van der Waals surface area contributed by atoms with Crippen molar-refractivity contribution < 1.29 is 13.7 Å². The lowest BCUT2D eigenvalue weighted by Gasteiger charge is -2.38. The standard InChI is InChI=1S/C16H18FN3O2/c17-12-4-1-3-11(9-12)16(5-2-6-16)15-19-14(20-22-15)13-10-21-8-7-18-13/h1,3-4,9,13,18H,2,5-8,10H2/t13-/m0/s1. The number of rotatable bonds is 3. The molecule has 2 aromatic rings. The lowest BCUT2D eigenvalue weighted by Crippen LogP contribution is -2.37. The molecule has 0 radical (unpaired) electrons. The Labute approximate surface area is 127 Å². The van der Waals surface area contributed by atoms with E-state index in [-0.39, 0.29) is 17.3 Å². The summed E-state index contributed by atoms with van der Waals surface area (Å²) in [6.07, 6.45) is 2.90. The van der Waals surface area contributed by atoms with E-state index in [1.165, 1.54) is 6.07 Å². The molecule has 1 atom stereocenters. The minimum Gasteiger partial charge on any atom is -0.378 e. The minimum atomic E-state index is -0.330. The fraction of sp³-hybridized carbons (Fsp3) is 0.500. The topological polar surface area (TPSA) is 60.2 Å². The fourth-order valence-electron chi connectivity index (χ4n) is 3.24. The summed E-state index contributed by atoms with van der Waals surface area (Å²) >= 11 is 0. The van der Waals surface area contributed by atoms with Crippen LogP contribution in [0, 0.1) is 5.82 Å². The van der Waals surface area contributed by atoms with E-state index < -0.39 is 0 Å². The van der Waals surface area contributed by atoms with Gasteiger partial charge in [-0.05, 0) is 30.5 Å². The first kappa shape index (κ1) is 13.8. The summed E-state index contributed by atoms with van der Waals surface area (Å²) in [5.41, 5.74) is 0.588. The van der Waals surface area contributed by atoms with Gasteiger partial charge in [0.2, 0.25) is 5.89 Å². The van der Waals surface area contributed by atoms with Crippen LogP contribution in [0.25, 0.3) is 0 Å². The Morgan fingerprint density at radius 3 is 2.91 bits per heavy atom. The molecule has 22 heavy (non-hydrogen) atoms. The van der Waals surface area contributed by atoms with Gasteiger partial charge < -0.3 is 14.6 Å². The van der Waals surface area contributed by atoms with Gasteiger partial charge in [-0.25, -0.2) is 4.39 Å². The predicted octanol–water partition coefficient (Wildman–Crippen LogP) is 2.34. The lowest BCUT2D eigenvalue weighted by molar-refractivity contribution is 0.0734. The third-order valence-electron chi connectivity index (χ3n) is 4.67. The highest BCUT2D eigenvalue weighted by Crippen LogP contribution is 2.48. The second-order valence-corrected chi connectivity index (χ2v) is 5.99. The zero-order chi connectivity index (χ0) is 15.0. The van der Waals surface area contributed by atoms with Crippen molar-refractivity contribution in [2.75, 3.05) is 19.8 Å². The molecule has 1 aliphatic carbocycles. The predicted molar refractivity (Wildman–Crippen MR) is 76.9 cm³/mol. The summed E-state index contributed by atoms with van der Waals surface area (Å²) in [7, 11) is 0. The Hall–Kier alpha value is -1.79. The molecular weight excluding hydrogens is 285 g/mol. The normalized spacial score (nSPS) is 24.0. The van der Waals surface area contributed by atoms with Gasteiger partial charge >= 0.3 is 0 Å². The summed E-state index contributed by atoms with van der Waals surface area (Å²) < 4.78 is 24.6. The summed E-state index contributed by atoms with van der Waals surface area (Å²) in [6, 6.07) is 6.67. The summed E-state index contributed by atoms with van der Waals surface area (Å²) in [5.74, 6) is 0.981. The van der Waals surface area contributed by atoms with Crippen LogP contribution < -0.4 is 5.32 Å². The molecule has 2 aliphatic rings. The van der Waals surface area contributed by atoms with Crippen LogP contribution in [0.5, 0.6) is 0 Å². The van der Waals surface area contributed by atoms with E-state index in [4.69, 9.17) is 9.26 Å². The van der Waals surface area contributed by atoms with Crippen molar-refractivity contribution in [3.63, 3.8) is 0 Å². The summed E-state index contributed by atoms with van der Waals surface area (Å²) in [5, 5.41) is 7.43. The Morgan fingerprint density at radius 1 is 1.32 bits per heavy atom. The van der Waals surface area contributed by atoms with E-state index >= 15 is 0 Å². The molecule has 5 nitrogen and oxygen atoms in total. The van der Waals surface area contributed by atoms with Gasteiger partial charge in [0.1, 0.15) is 5.82 Å². The van der Waals surface area contributed by atoms with Crippen LogP contribution in [0.2, 0.25) is 0 Å². The van der Waals surface area contributed by atoms with E-state index in [2.05, 4.69) is 15.5 Å². The second-order valence-electron chi connectivity index (χ2n) is 5.99. The van der Waals surface area contributed by atoms with Crippen molar-refractivity contribution >= 4 is 0 Å². The average Bonchev–Trinajstić information content (AvgIpc) is 2.97. The molecule has 1 aliphatic heterocycles. The van der Waals surface area contributed by atoms with Crippen molar-refractivity contribution in [3.05, 3.63) is 47.4 Å². The van der Waals surface area contributed by atoms with Gasteiger partial charge in [0.15, 0.2) is 5.82 Å². The Morgan fingerprint density at radius 2 is 2.23 bits per heavy atom. The summed E-state index contributed by atoms with van der Waals surface area (Å²) in [4.78, 5) is 4.59. The number of halogens is 1. The van der Waals surface area contributed by atoms with Crippen LogP contribution in [-0.4, -0.2) is 29.9 Å². The van der Waals surface area contributed by atoms with Crippen molar-refractivity contribution in [1.29, 1.82) is 0 Å². The number of ether oxygens (including phenoxy) is 1. The molecule has 0 unspecified atom stereocenters. The number of hydrogen-bond acceptors (Lipinski definition) is 5. The van der Waals surface area contributed by atoms with Gasteiger partial charge in [-0.3, -0.25) is 0 Å². The Balaban J connectivity index is 1.66. The number of hydrogen-bond donors (Lipinski definition) is 1. The molecule has 116 valence electrons. The molecule has 1 saturated heterocycles. The van der Waals surface area contributed by atoms with E-state index in [0.29, 0.717) is 24.9 Å². The van der Waals surface area contributed by atoms with Crippen LogP contribution in [0.3, 0.4) is 0 Å². The largest absolute Gasteiger partial charge is 0.378 e. The maximum atomic E-state index is 13.6. The molecule has 1 aromatic carbocycles. The van der Waals surface area contributed by atoms with Gasteiger partial charge in [0.05, 0.1) is 24.7 Å². The van der Waals surface area contributed by atoms with E-state index in [9.17, 15) is 4.39 Å². The van der Waals surface area contributed by atoms with E-state index in [1.54, 1.807) is 12.1 Å². The monoisotopic (exact) mass is 303 g/mol. The van der Waals surface area contributed by atoms with Crippen LogP contribution in [0.4, 0.5) is 4.39 Å². The number of morpholine rings is 1. The highest BCUT2D eigenvalue weighted by Gasteiger charge is 2.45. The van der Waals surface area contributed by atoms with Gasteiger partial charge in [-0.2, -0.15) is 4.98 Å². The Kier molecular flexibility index (Phi) is 3.43. The van der Waals surface area contributed by atoms with Gasteiger partial charge in [0.25, 0.3) is 0 Å². The Bertz CT molecular complexity index is 663. The number of nitrogens with zero attached hydrogens (tertiary/aromatic N) is 2. The third kappa shape index (κ3) is 2.23. The number of nitrogens with one attached hydrogen (secondary N) is 1. The molecule has 1 aromatic heterocycles. The van der Waals surface area contributed by atoms with Crippen molar-refractivity contribution in [1.82, 2.24) is 15.5 Å². The van der Waals surface area contributed by atoms with Crippen molar-refractivity contribution in [3.8, 4) is 0 Å². The molecule has 1 saturated carbocycles. The first-order chi connectivity index (χ1) is 10.8. The summed E-state index contributed by atoms with van der Waals surface area (Å²) in [6.45, 7) is 2.03. The highest BCUT2D eigenvalue weighted by atomic mass is 19.1.